The second kappa shape index (κ2) is 7.67. The van der Waals surface area contributed by atoms with Gasteiger partial charge in [0.25, 0.3) is 0 Å². The van der Waals surface area contributed by atoms with E-state index in [2.05, 4.69) is 15.3 Å². The first-order valence-corrected chi connectivity index (χ1v) is 8.14. The highest BCUT2D eigenvalue weighted by Crippen LogP contribution is 2.32. The molecule has 134 valence electrons. The van der Waals surface area contributed by atoms with Gasteiger partial charge in [0.2, 0.25) is 5.95 Å². The first-order valence-electron chi connectivity index (χ1n) is 7.76. The van der Waals surface area contributed by atoms with Gasteiger partial charge in [-0.25, -0.2) is 9.78 Å². The van der Waals surface area contributed by atoms with Crippen molar-refractivity contribution < 1.29 is 14.6 Å². The summed E-state index contributed by atoms with van der Waals surface area (Å²) in [6.07, 6.45) is 1.31. The third-order valence-corrected chi connectivity index (χ3v) is 3.98. The number of carbonyl (C=O) groups is 1. The lowest BCUT2D eigenvalue weighted by Gasteiger charge is -2.24. The van der Waals surface area contributed by atoms with Crippen molar-refractivity contribution in [2.75, 3.05) is 24.3 Å². The predicted molar refractivity (Wildman–Crippen MR) is 97.2 cm³/mol. The van der Waals surface area contributed by atoms with E-state index in [0.29, 0.717) is 10.7 Å². The van der Waals surface area contributed by atoms with Gasteiger partial charge in [0.05, 0.1) is 13.2 Å². The van der Waals surface area contributed by atoms with Gasteiger partial charge in [-0.3, -0.25) is 0 Å². The van der Waals surface area contributed by atoms with Gasteiger partial charge >= 0.3 is 5.97 Å². The summed E-state index contributed by atoms with van der Waals surface area (Å²) in [5, 5.41) is 13.0. The van der Waals surface area contributed by atoms with Crippen molar-refractivity contribution in [3.63, 3.8) is 0 Å². The number of nitrogen functional groups attached to an aromatic ring is 1. The minimum absolute atomic E-state index is 0.0194. The summed E-state index contributed by atoms with van der Waals surface area (Å²) in [7, 11) is 0. The Labute approximate surface area is 151 Å². The molecule has 0 atom stereocenters. The summed E-state index contributed by atoms with van der Waals surface area (Å²) in [5.41, 5.74) is 6.95. The number of aromatic nitrogens is 2. The molecule has 0 unspecified atom stereocenters. The van der Waals surface area contributed by atoms with Crippen LogP contribution in [0.25, 0.3) is 0 Å². The molecular weight excluding hydrogens is 344 g/mol. The Morgan fingerprint density at radius 1 is 1.44 bits per heavy atom. The maximum atomic E-state index is 11.7. The van der Waals surface area contributed by atoms with E-state index in [1.54, 1.807) is 19.1 Å². The average Bonchev–Trinajstić information content (AvgIpc) is 2.55. The van der Waals surface area contributed by atoms with E-state index in [1.165, 1.54) is 6.20 Å². The van der Waals surface area contributed by atoms with Crippen LogP contribution in [0.1, 0.15) is 36.7 Å². The summed E-state index contributed by atoms with van der Waals surface area (Å²) in [6, 6.07) is 5.35. The number of carbonyl (C=O) groups excluding carboxylic acids is 1. The smallest absolute Gasteiger partial charge is 0.343 e. The van der Waals surface area contributed by atoms with Crippen molar-refractivity contribution in [3.05, 3.63) is 40.5 Å². The van der Waals surface area contributed by atoms with Crippen LogP contribution < -0.4 is 11.1 Å². The highest BCUT2D eigenvalue weighted by molar-refractivity contribution is 6.31. The molecule has 8 heteroatoms. The van der Waals surface area contributed by atoms with Gasteiger partial charge in [-0.2, -0.15) is 4.98 Å². The highest BCUT2D eigenvalue weighted by atomic mass is 35.5. The molecule has 0 aliphatic heterocycles. The Morgan fingerprint density at radius 2 is 2.16 bits per heavy atom. The van der Waals surface area contributed by atoms with Crippen molar-refractivity contribution in [3.8, 4) is 0 Å². The number of aliphatic hydroxyl groups excluding tert-OH is 1. The standard InChI is InChI=1S/C17H21ClN4O3/c1-4-25-15(24)11-8-20-16(22-14(11)19)21-10-5-6-12(13(18)7-10)17(2,3)9-23/h5-8,23H,4,9H2,1-3H3,(H3,19,20,21,22). The molecule has 0 spiro atoms. The number of nitrogens with one attached hydrogen (secondary N) is 1. The SMILES string of the molecule is CCOC(=O)c1cnc(Nc2ccc(C(C)(C)CO)c(Cl)c2)nc1N. The van der Waals surface area contributed by atoms with Gasteiger partial charge in [0.1, 0.15) is 11.4 Å². The van der Waals surface area contributed by atoms with Crippen LogP contribution in [0.2, 0.25) is 5.02 Å². The molecule has 2 aromatic rings. The molecule has 0 bridgehead atoms. The van der Waals surface area contributed by atoms with Crippen molar-refractivity contribution >= 4 is 35.0 Å². The van der Waals surface area contributed by atoms with Gasteiger partial charge in [0.15, 0.2) is 0 Å². The third kappa shape index (κ3) is 4.37. The molecule has 0 radical (unpaired) electrons. The molecule has 2 rings (SSSR count). The van der Waals surface area contributed by atoms with E-state index in [1.807, 2.05) is 19.9 Å². The molecule has 25 heavy (non-hydrogen) atoms. The van der Waals surface area contributed by atoms with Gasteiger partial charge in [-0.05, 0) is 24.6 Å². The van der Waals surface area contributed by atoms with E-state index < -0.39 is 11.4 Å². The zero-order chi connectivity index (χ0) is 18.6. The van der Waals surface area contributed by atoms with Crippen LogP contribution in [0.5, 0.6) is 0 Å². The van der Waals surface area contributed by atoms with Crippen LogP contribution in [0.15, 0.2) is 24.4 Å². The van der Waals surface area contributed by atoms with Crippen LogP contribution in [-0.4, -0.2) is 34.3 Å². The van der Waals surface area contributed by atoms with Crippen LogP contribution >= 0.6 is 11.6 Å². The molecule has 0 aliphatic carbocycles. The number of benzene rings is 1. The topological polar surface area (TPSA) is 110 Å². The highest BCUT2D eigenvalue weighted by Gasteiger charge is 2.22. The lowest BCUT2D eigenvalue weighted by atomic mass is 9.85. The first-order chi connectivity index (χ1) is 11.8. The molecule has 0 aliphatic rings. The second-order valence-corrected chi connectivity index (χ2v) is 6.48. The molecule has 0 amide bonds. The summed E-state index contributed by atoms with van der Waals surface area (Å²) in [6.45, 7) is 5.73. The third-order valence-electron chi connectivity index (χ3n) is 3.66. The van der Waals surface area contributed by atoms with Crippen molar-refractivity contribution in [2.45, 2.75) is 26.2 Å². The summed E-state index contributed by atoms with van der Waals surface area (Å²) in [5.74, 6) is -0.305. The quantitative estimate of drug-likeness (QED) is 0.676. The fourth-order valence-electron chi connectivity index (χ4n) is 2.18. The number of nitrogens with zero attached hydrogens (tertiary/aromatic N) is 2. The number of aliphatic hydroxyl groups is 1. The minimum Gasteiger partial charge on any atom is -0.462 e. The number of hydrogen-bond acceptors (Lipinski definition) is 7. The van der Waals surface area contributed by atoms with Gasteiger partial charge in [0, 0.05) is 22.3 Å². The predicted octanol–water partition coefficient (Wildman–Crippen LogP) is 2.90. The molecule has 4 N–H and O–H groups in total. The molecule has 1 heterocycles. The first kappa shape index (κ1) is 19.0. The van der Waals surface area contributed by atoms with E-state index in [4.69, 9.17) is 22.1 Å². The number of nitrogens with two attached hydrogens (primary N) is 1. The number of ether oxygens (including phenoxy) is 1. The Morgan fingerprint density at radius 3 is 2.72 bits per heavy atom. The fourth-order valence-corrected chi connectivity index (χ4v) is 2.61. The van der Waals surface area contributed by atoms with Gasteiger partial charge in [-0.1, -0.05) is 31.5 Å². The summed E-state index contributed by atoms with van der Waals surface area (Å²) >= 11 is 6.31. The minimum atomic E-state index is -0.565. The lowest BCUT2D eigenvalue weighted by Crippen LogP contribution is -2.22. The Kier molecular flexibility index (Phi) is 5.81. The van der Waals surface area contributed by atoms with E-state index in [0.717, 1.165) is 5.56 Å². The monoisotopic (exact) mass is 364 g/mol. The number of rotatable bonds is 6. The van der Waals surface area contributed by atoms with Crippen molar-refractivity contribution in [1.29, 1.82) is 0 Å². The number of hydrogen-bond donors (Lipinski definition) is 3. The maximum absolute atomic E-state index is 11.7. The Balaban J connectivity index is 2.21. The Hall–Kier alpha value is -2.38. The molecule has 7 nitrogen and oxygen atoms in total. The average molecular weight is 365 g/mol. The fraction of sp³-hybridized carbons (Fsp3) is 0.353. The normalized spacial score (nSPS) is 11.2. The van der Waals surface area contributed by atoms with Crippen molar-refractivity contribution in [2.24, 2.45) is 0 Å². The molecule has 0 saturated heterocycles. The van der Waals surface area contributed by atoms with Crippen LogP contribution in [0.4, 0.5) is 17.5 Å². The van der Waals surface area contributed by atoms with E-state index in [-0.39, 0.29) is 30.5 Å². The maximum Gasteiger partial charge on any atom is 0.343 e. The molecule has 1 aromatic heterocycles. The zero-order valence-electron chi connectivity index (χ0n) is 14.3. The van der Waals surface area contributed by atoms with Crippen molar-refractivity contribution in [1.82, 2.24) is 9.97 Å². The molecule has 0 saturated carbocycles. The lowest BCUT2D eigenvalue weighted by molar-refractivity contribution is 0.0527. The molecular formula is C17H21ClN4O3. The summed E-state index contributed by atoms with van der Waals surface area (Å²) < 4.78 is 4.88. The van der Waals surface area contributed by atoms with Crippen LogP contribution in [0.3, 0.4) is 0 Å². The van der Waals surface area contributed by atoms with Gasteiger partial charge in [-0.15, -0.1) is 0 Å². The van der Waals surface area contributed by atoms with E-state index >= 15 is 0 Å². The molecule has 1 aromatic carbocycles. The molecule has 0 fully saturated rings. The number of anilines is 3. The zero-order valence-corrected chi connectivity index (χ0v) is 15.1. The van der Waals surface area contributed by atoms with Gasteiger partial charge < -0.3 is 20.9 Å². The van der Waals surface area contributed by atoms with Crippen LogP contribution in [0, 0.1) is 0 Å². The largest absolute Gasteiger partial charge is 0.462 e. The van der Waals surface area contributed by atoms with E-state index in [9.17, 15) is 9.90 Å². The Bertz CT molecular complexity index is 780. The second-order valence-electron chi connectivity index (χ2n) is 6.07. The number of halogens is 1. The van der Waals surface area contributed by atoms with Crippen LogP contribution in [-0.2, 0) is 10.2 Å². The summed E-state index contributed by atoms with van der Waals surface area (Å²) in [4.78, 5) is 19.8. The number of esters is 1.